The number of benzene rings is 1. The van der Waals surface area contributed by atoms with Crippen molar-refractivity contribution in [2.24, 2.45) is 0 Å². The maximum Gasteiger partial charge on any atom is 0.251 e. The molecule has 0 aromatic heterocycles. The van der Waals surface area contributed by atoms with E-state index in [0.29, 0.717) is 17.3 Å². The van der Waals surface area contributed by atoms with Crippen molar-refractivity contribution in [3.05, 3.63) is 41.0 Å². The molecule has 0 unspecified atom stereocenters. The minimum absolute atomic E-state index is 0.0470. The van der Waals surface area contributed by atoms with Gasteiger partial charge in [-0.05, 0) is 49.6 Å². The molecule has 1 aromatic rings. The van der Waals surface area contributed by atoms with Crippen LogP contribution in [-0.2, 0) is 4.79 Å². The van der Waals surface area contributed by atoms with Gasteiger partial charge < -0.3 is 16.0 Å². The third-order valence-corrected chi connectivity index (χ3v) is 3.87. The summed E-state index contributed by atoms with van der Waals surface area (Å²) in [4.78, 5) is 23.9. The van der Waals surface area contributed by atoms with Gasteiger partial charge in [0.15, 0.2) is 0 Å². The van der Waals surface area contributed by atoms with Gasteiger partial charge in [0.25, 0.3) is 11.8 Å². The van der Waals surface area contributed by atoms with Crippen molar-refractivity contribution in [3.8, 4) is 0 Å². The molecule has 3 N–H and O–H groups in total. The van der Waals surface area contributed by atoms with Crippen LogP contribution in [-0.4, -0.2) is 30.9 Å². The number of hydrogen-bond donors (Lipinski definition) is 3. The van der Waals surface area contributed by atoms with Crippen molar-refractivity contribution >= 4 is 17.5 Å². The molecule has 1 aliphatic heterocycles. The van der Waals surface area contributed by atoms with Gasteiger partial charge in [0.1, 0.15) is 0 Å². The van der Waals surface area contributed by atoms with Gasteiger partial charge in [-0.15, -0.1) is 0 Å². The highest BCUT2D eigenvalue weighted by atomic mass is 16.2. The number of hydrogen-bond acceptors (Lipinski definition) is 3. The van der Waals surface area contributed by atoms with Crippen LogP contribution >= 0.6 is 0 Å². The molecule has 5 nitrogen and oxygen atoms in total. The Kier molecular flexibility index (Phi) is 3.75. The Balaban J connectivity index is 1.61. The first-order valence-electron chi connectivity index (χ1n) is 7.25. The van der Waals surface area contributed by atoms with Crippen LogP contribution in [0.5, 0.6) is 0 Å². The van der Waals surface area contributed by atoms with E-state index in [4.69, 9.17) is 0 Å². The first-order valence-corrected chi connectivity index (χ1v) is 7.25. The molecule has 1 aliphatic carbocycles. The molecule has 2 aliphatic rings. The van der Waals surface area contributed by atoms with Crippen molar-refractivity contribution in [3.63, 3.8) is 0 Å². The van der Waals surface area contributed by atoms with E-state index in [2.05, 4.69) is 16.0 Å². The quantitative estimate of drug-likeness (QED) is 0.733. The highest BCUT2D eigenvalue weighted by Gasteiger charge is 2.23. The summed E-state index contributed by atoms with van der Waals surface area (Å²) in [6, 6.07) is 7.34. The Morgan fingerprint density at radius 3 is 2.33 bits per heavy atom. The molecule has 1 heterocycles. The van der Waals surface area contributed by atoms with Crippen LogP contribution in [0.15, 0.2) is 35.4 Å². The van der Waals surface area contributed by atoms with Crippen LogP contribution < -0.4 is 16.0 Å². The average Bonchev–Trinajstić information content (AvgIpc) is 3.21. The second-order valence-corrected chi connectivity index (χ2v) is 5.61. The number of amides is 2. The number of rotatable bonds is 4. The highest BCUT2D eigenvalue weighted by molar-refractivity contribution is 6.04. The summed E-state index contributed by atoms with van der Waals surface area (Å²) < 4.78 is 0. The summed E-state index contributed by atoms with van der Waals surface area (Å²) in [5, 5.41) is 8.91. The molecular weight excluding hydrogens is 266 g/mol. The fourth-order valence-electron chi connectivity index (χ4n) is 2.10. The maximum absolute atomic E-state index is 12.0. The number of carbonyl (C=O) groups is 2. The Hall–Kier alpha value is -2.14. The van der Waals surface area contributed by atoms with Crippen molar-refractivity contribution in [2.45, 2.75) is 25.8 Å². The van der Waals surface area contributed by atoms with E-state index >= 15 is 0 Å². The molecule has 110 valence electrons. The van der Waals surface area contributed by atoms with Gasteiger partial charge in [-0.2, -0.15) is 0 Å². The standard InChI is InChI=1S/C16H19N3O2/c1-10(12-8-17-9-12)15(20)18-13-4-2-11(3-5-13)16(21)19-14-6-7-14/h2-5,14,17H,6-9H2,1H3,(H,18,20)(H,19,21). The normalized spacial score (nSPS) is 16.9. The monoisotopic (exact) mass is 285 g/mol. The summed E-state index contributed by atoms with van der Waals surface area (Å²) in [5.74, 6) is -0.129. The summed E-state index contributed by atoms with van der Waals surface area (Å²) in [6.07, 6.45) is 2.14. The molecule has 1 saturated carbocycles. The third-order valence-electron chi connectivity index (χ3n) is 3.87. The zero-order chi connectivity index (χ0) is 14.8. The van der Waals surface area contributed by atoms with E-state index < -0.39 is 0 Å². The highest BCUT2D eigenvalue weighted by Crippen LogP contribution is 2.20. The van der Waals surface area contributed by atoms with Crippen molar-refractivity contribution in [1.82, 2.24) is 10.6 Å². The second-order valence-electron chi connectivity index (χ2n) is 5.61. The lowest BCUT2D eigenvalue weighted by Gasteiger charge is -2.21. The molecule has 0 atom stereocenters. The second kappa shape index (κ2) is 5.69. The Bertz CT molecular complexity index is 594. The third kappa shape index (κ3) is 3.31. The van der Waals surface area contributed by atoms with Gasteiger partial charge in [-0.25, -0.2) is 0 Å². The van der Waals surface area contributed by atoms with Gasteiger partial charge >= 0.3 is 0 Å². The summed E-state index contributed by atoms with van der Waals surface area (Å²) in [7, 11) is 0. The van der Waals surface area contributed by atoms with E-state index in [0.717, 1.165) is 37.1 Å². The van der Waals surface area contributed by atoms with E-state index in [-0.39, 0.29) is 11.8 Å². The number of anilines is 1. The first-order chi connectivity index (χ1) is 10.1. The minimum Gasteiger partial charge on any atom is -0.349 e. The van der Waals surface area contributed by atoms with Crippen LogP contribution in [0.25, 0.3) is 0 Å². The van der Waals surface area contributed by atoms with E-state index in [1.54, 1.807) is 24.3 Å². The van der Waals surface area contributed by atoms with Gasteiger partial charge in [-0.3, -0.25) is 9.59 Å². The zero-order valence-corrected chi connectivity index (χ0v) is 12.0. The zero-order valence-electron chi connectivity index (χ0n) is 12.0. The molecule has 2 fully saturated rings. The van der Waals surface area contributed by atoms with Crippen LogP contribution in [0.2, 0.25) is 0 Å². The smallest absolute Gasteiger partial charge is 0.251 e. The predicted octanol–water partition coefficient (Wildman–Crippen LogP) is 1.44. The van der Waals surface area contributed by atoms with E-state index in [1.165, 1.54) is 0 Å². The van der Waals surface area contributed by atoms with Crippen LogP contribution in [0.4, 0.5) is 5.69 Å². The van der Waals surface area contributed by atoms with Crippen molar-refractivity contribution in [1.29, 1.82) is 0 Å². The molecule has 2 amide bonds. The summed E-state index contributed by atoms with van der Waals surface area (Å²) >= 11 is 0. The van der Waals surface area contributed by atoms with Gasteiger partial charge in [0, 0.05) is 36.0 Å². The summed E-state index contributed by atoms with van der Waals surface area (Å²) in [5.41, 5.74) is 3.24. The molecule has 0 radical (unpaired) electrons. The molecule has 21 heavy (non-hydrogen) atoms. The van der Waals surface area contributed by atoms with Crippen LogP contribution in [0.1, 0.15) is 30.1 Å². The summed E-state index contributed by atoms with van der Waals surface area (Å²) in [6.45, 7) is 3.42. The lowest BCUT2D eigenvalue weighted by atomic mass is 10.0. The SMILES string of the molecule is CC(C(=O)Nc1ccc(C(=O)NC2CC2)cc1)=C1CNC1. The minimum atomic E-state index is -0.0818. The fourth-order valence-corrected chi connectivity index (χ4v) is 2.10. The molecular formula is C16H19N3O2. The molecule has 3 rings (SSSR count). The van der Waals surface area contributed by atoms with Crippen LogP contribution in [0, 0.1) is 0 Å². The molecule has 1 aromatic carbocycles. The maximum atomic E-state index is 12.0. The van der Waals surface area contributed by atoms with Gasteiger partial charge in [0.05, 0.1) is 0 Å². The van der Waals surface area contributed by atoms with Crippen molar-refractivity contribution in [2.75, 3.05) is 18.4 Å². The molecule has 5 heteroatoms. The topological polar surface area (TPSA) is 70.2 Å². The number of nitrogens with one attached hydrogen (secondary N) is 3. The van der Waals surface area contributed by atoms with E-state index in [9.17, 15) is 9.59 Å². The van der Waals surface area contributed by atoms with Crippen LogP contribution in [0.3, 0.4) is 0 Å². The molecule has 1 saturated heterocycles. The lowest BCUT2D eigenvalue weighted by Crippen LogP contribution is -2.36. The average molecular weight is 285 g/mol. The van der Waals surface area contributed by atoms with Crippen molar-refractivity contribution < 1.29 is 9.59 Å². The Morgan fingerprint density at radius 1 is 1.14 bits per heavy atom. The Morgan fingerprint density at radius 2 is 1.81 bits per heavy atom. The molecule has 0 spiro atoms. The molecule has 0 bridgehead atoms. The predicted molar refractivity (Wildman–Crippen MR) is 81.1 cm³/mol. The number of carbonyl (C=O) groups excluding carboxylic acids is 2. The largest absolute Gasteiger partial charge is 0.349 e. The fraction of sp³-hybridized carbons (Fsp3) is 0.375. The Labute approximate surface area is 123 Å². The van der Waals surface area contributed by atoms with Gasteiger partial charge in [0.2, 0.25) is 0 Å². The first kappa shape index (κ1) is 13.8. The van der Waals surface area contributed by atoms with E-state index in [1.807, 2.05) is 6.92 Å². The van der Waals surface area contributed by atoms with Gasteiger partial charge in [-0.1, -0.05) is 0 Å². The lowest BCUT2D eigenvalue weighted by molar-refractivity contribution is -0.112.